The number of aromatic nitrogens is 4. The fourth-order valence-corrected chi connectivity index (χ4v) is 6.03. The van der Waals surface area contributed by atoms with E-state index in [4.69, 9.17) is 14.4 Å². The van der Waals surface area contributed by atoms with Crippen LogP contribution in [0.4, 0.5) is 0 Å². The molecule has 0 bridgehead atoms. The lowest BCUT2D eigenvalue weighted by molar-refractivity contribution is 0.620. The third kappa shape index (κ3) is 4.41. The number of fused-ring (bicyclic) bond motifs is 5. The summed E-state index contributed by atoms with van der Waals surface area (Å²) in [7, 11) is 0. The Bertz CT molecular complexity index is 2500. The standard InChI is InChI=1S/C40H24N4O/c1-2-8-34-33(7-1)42-38(39(43-34)29-18-20-30(21-19-29)40-44-35-9-3-4-10-36(35)45-40)28-15-11-25(12-16-28)31-22-14-26-13-17-27-6-5-23-41-37(27)32(26)24-31/h1-24H. The molecule has 0 aliphatic rings. The number of hydrogen-bond donors (Lipinski definition) is 0. The Kier molecular flexibility index (Phi) is 5.74. The molecular formula is C40H24N4O. The van der Waals surface area contributed by atoms with E-state index < -0.39 is 0 Å². The maximum atomic E-state index is 6.00. The van der Waals surface area contributed by atoms with Crippen LogP contribution < -0.4 is 0 Å². The molecular weight excluding hydrogens is 552 g/mol. The number of benzene rings is 6. The van der Waals surface area contributed by atoms with Gasteiger partial charge in [0.15, 0.2) is 5.58 Å². The van der Waals surface area contributed by atoms with Gasteiger partial charge in [0.05, 0.1) is 27.9 Å². The molecule has 9 rings (SSSR count). The molecule has 5 heteroatoms. The molecule has 9 aromatic rings. The lowest BCUT2D eigenvalue weighted by Gasteiger charge is -2.12. The predicted octanol–water partition coefficient (Wildman–Crippen LogP) is 10.1. The molecule has 0 unspecified atom stereocenters. The van der Waals surface area contributed by atoms with E-state index in [0.29, 0.717) is 5.89 Å². The summed E-state index contributed by atoms with van der Waals surface area (Å²) < 4.78 is 6.00. The Hall–Kier alpha value is -6.20. The average Bonchev–Trinajstić information content (AvgIpc) is 3.56. The SMILES string of the molecule is c1cnc2c(c1)ccc1ccc(-c3ccc(-c4nc5ccccc5nc4-c4ccc(-c5nc6ccccc6o5)cc4)cc3)cc12. The zero-order chi connectivity index (χ0) is 29.7. The Morgan fingerprint density at radius 2 is 1.00 bits per heavy atom. The lowest BCUT2D eigenvalue weighted by atomic mass is 9.97. The summed E-state index contributed by atoms with van der Waals surface area (Å²) in [6, 6.07) is 47.5. The molecule has 0 N–H and O–H groups in total. The second-order valence-electron chi connectivity index (χ2n) is 11.1. The van der Waals surface area contributed by atoms with E-state index in [1.807, 2.05) is 72.9 Å². The van der Waals surface area contributed by atoms with Gasteiger partial charge in [-0.2, -0.15) is 0 Å². The first kappa shape index (κ1) is 25.3. The lowest BCUT2D eigenvalue weighted by Crippen LogP contribution is -1.95. The highest BCUT2D eigenvalue weighted by atomic mass is 16.3. The number of oxazole rings is 1. The highest BCUT2D eigenvalue weighted by molar-refractivity contribution is 6.06. The van der Waals surface area contributed by atoms with Gasteiger partial charge in [-0.3, -0.25) is 4.98 Å². The first-order chi connectivity index (χ1) is 22.3. The Labute approximate surface area is 258 Å². The van der Waals surface area contributed by atoms with Crippen molar-refractivity contribution in [2.24, 2.45) is 0 Å². The first-order valence-corrected chi connectivity index (χ1v) is 14.9. The Morgan fingerprint density at radius 3 is 1.71 bits per heavy atom. The van der Waals surface area contributed by atoms with E-state index in [9.17, 15) is 0 Å². The van der Waals surface area contributed by atoms with Crippen LogP contribution in [0.25, 0.3) is 88.9 Å². The molecule has 0 saturated carbocycles. The van der Waals surface area contributed by atoms with Crippen LogP contribution >= 0.6 is 0 Å². The summed E-state index contributed by atoms with van der Waals surface area (Å²) in [5, 5.41) is 3.47. The molecule has 0 spiro atoms. The third-order valence-corrected chi connectivity index (χ3v) is 8.35. The van der Waals surface area contributed by atoms with Gasteiger partial charge in [-0.1, -0.05) is 91.0 Å². The monoisotopic (exact) mass is 576 g/mol. The summed E-state index contributed by atoms with van der Waals surface area (Å²) in [5.74, 6) is 0.598. The van der Waals surface area contributed by atoms with E-state index in [1.54, 1.807) is 0 Å². The Balaban J connectivity index is 1.11. The van der Waals surface area contributed by atoms with Crippen molar-refractivity contribution in [3.8, 4) is 45.1 Å². The summed E-state index contributed by atoms with van der Waals surface area (Å²) in [4.78, 5) is 19.5. The maximum absolute atomic E-state index is 6.00. The van der Waals surface area contributed by atoms with Gasteiger partial charge in [-0.05, 0) is 65.0 Å². The van der Waals surface area contributed by atoms with E-state index >= 15 is 0 Å². The number of pyridine rings is 1. The molecule has 0 aliphatic heterocycles. The number of para-hydroxylation sites is 4. The minimum absolute atomic E-state index is 0.598. The largest absolute Gasteiger partial charge is 0.436 e. The second-order valence-corrected chi connectivity index (χ2v) is 11.1. The molecule has 3 heterocycles. The van der Waals surface area contributed by atoms with Gasteiger partial charge in [0, 0.05) is 33.7 Å². The quantitative estimate of drug-likeness (QED) is 0.195. The zero-order valence-electron chi connectivity index (χ0n) is 24.1. The molecule has 0 fully saturated rings. The van der Waals surface area contributed by atoms with Gasteiger partial charge in [-0.25, -0.2) is 15.0 Å². The van der Waals surface area contributed by atoms with Crippen LogP contribution in [0.5, 0.6) is 0 Å². The summed E-state index contributed by atoms with van der Waals surface area (Å²) in [6.45, 7) is 0. The number of nitrogens with zero attached hydrogens (tertiary/aromatic N) is 4. The highest BCUT2D eigenvalue weighted by Crippen LogP contribution is 2.35. The Morgan fingerprint density at radius 1 is 0.422 bits per heavy atom. The van der Waals surface area contributed by atoms with Crippen LogP contribution in [0.2, 0.25) is 0 Å². The smallest absolute Gasteiger partial charge is 0.227 e. The molecule has 0 amide bonds. The normalized spacial score (nSPS) is 11.6. The number of rotatable bonds is 4. The fraction of sp³-hybridized carbons (Fsp3) is 0. The minimum atomic E-state index is 0.598. The van der Waals surface area contributed by atoms with E-state index in [2.05, 4.69) is 82.8 Å². The molecule has 3 aromatic heterocycles. The van der Waals surface area contributed by atoms with Gasteiger partial charge in [0.25, 0.3) is 0 Å². The van der Waals surface area contributed by atoms with Gasteiger partial charge < -0.3 is 4.42 Å². The molecule has 6 aromatic carbocycles. The first-order valence-electron chi connectivity index (χ1n) is 14.9. The molecule has 0 atom stereocenters. The molecule has 0 saturated heterocycles. The highest BCUT2D eigenvalue weighted by Gasteiger charge is 2.15. The van der Waals surface area contributed by atoms with Crippen LogP contribution in [-0.2, 0) is 0 Å². The summed E-state index contributed by atoms with van der Waals surface area (Å²) in [5.41, 5.74) is 11.2. The van der Waals surface area contributed by atoms with Gasteiger partial charge in [0.2, 0.25) is 5.89 Å². The average molecular weight is 577 g/mol. The second kappa shape index (κ2) is 10.2. The minimum Gasteiger partial charge on any atom is -0.436 e. The van der Waals surface area contributed by atoms with Crippen molar-refractivity contribution in [1.82, 2.24) is 19.9 Å². The van der Waals surface area contributed by atoms with Crippen molar-refractivity contribution >= 4 is 43.8 Å². The van der Waals surface area contributed by atoms with Crippen molar-refractivity contribution in [3.63, 3.8) is 0 Å². The van der Waals surface area contributed by atoms with Crippen LogP contribution in [0, 0.1) is 0 Å². The topological polar surface area (TPSA) is 64.7 Å². The van der Waals surface area contributed by atoms with Crippen molar-refractivity contribution < 1.29 is 4.42 Å². The molecule has 45 heavy (non-hydrogen) atoms. The van der Waals surface area contributed by atoms with Crippen LogP contribution in [0.1, 0.15) is 0 Å². The van der Waals surface area contributed by atoms with Gasteiger partial charge >= 0.3 is 0 Å². The van der Waals surface area contributed by atoms with Crippen LogP contribution in [0.3, 0.4) is 0 Å². The van der Waals surface area contributed by atoms with Crippen molar-refractivity contribution in [3.05, 3.63) is 146 Å². The molecule has 210 valence electrons. The third-order valence-electron chi connectivity index (χ3n) is 8.35. The molecule has 5 nitrogen and oxygen atoms in total. The zero-order valence-corrected chi connectivity index (χ0v) is 24.1. The van der Waals surface area contributed by atoms with Crippen molar-refractivity contribution in [1.29, 1.82) is 0 Å². The van der Waals surface area contributed by atoms with Crippen LogP contribution in [0.15, 0.2) is 150 Å². The molecule has 0 radical (unpaired) electrons. The van der Waals surface area contributed by atoms with Crippen LogP contribution in [-0.4, -0.2) is 19.9 Å². The van der Waals surface area contributed by atoms with E-state index in [-0.39, 0.29) is 0 Å². The maximum Gasteiger partial charge on any atom is 0.227 e. The predicted molar refractivity (Wildman–Crippen MR) is 182 cm³/mol. The van der Waals surface area contributed by atoms with E-state index in [1.165, 1.54) is 5.39 Å². The van der Waals surface area contributed by atoms with Gasteiger partial charge in [0.1, 0.15) is 5.52 Å². The molecule has 0 aliphatic carbocycles. The summed E-state index contributed by atoms with van der Waals surface area (Å²) in [6.07, 6.45) is 1.86. The number of hydrogen-bond acceptors (Lipinski definition) is 5. The van der Waals surface area contributed by atoms with Crippen molar-refractivity contribution in [2.45, 2.75) is 0 Å². The fourth-order valence-electron chi connectivity index (χ4n) is 6.03. The van der Waals surface area contributed by atoms with E-state index in [0.717, 1.165) is 77.6 Å². The van der Waals surface area contributed by atoms with Crippen molar-refractivity contribution in [2.75, 3.05) is 0 Å². The summed E-state index contributed by atoms with van der Waals surface area (Å²) >= 11 is 0. The van der Waals surface area contributed by atoms with Gasteiger partial charge in [-0.15, -0.1) is 0 Å².